The quantitative estimate of drug-likeness (QED) is 0.862. The number of nitriles is 1. The Balaban J connectivity index is 2.51. The second-order valence-corrected chi connectivity index (χ2v) is 3.67. The first-order valence-electron chi connectivity index (χ1n) is 4.12. The molecule has 15 heavy (non-hydrogen) atoms. The molecule has 0 atom stereocenters. The number of hydrogen-bond acceptors (Lipinski definition) is 2. The zero-order valence-electron chi connectivity index (χ0n) is 7.46. The van der Waals surface area contributed by atoms with Gasteiger partial charge in [0.2, 0.25) is 0 Å². The molecule has 0 saturated carbocycles. The highest BCUT2D eigenvalue weighted by molar-refractivity contribution is 9.10. The van der Waals surface area contributed by atoms with Crippen molar-refractivity contribution in [3.8, 4) is 17.3 Å². The van der Waals surface area contributed by atoms with Gasteiger partial charge in [0.1, 0.15) is 11.9 Å². The average molecular weight is 266 g/mol. The van der Waals surface area contributed by atoms with Crippen molar-refractivity contribution in [1.82, 2.24) is 10.2 Å². The smallest absolute Gasteiger partial charge is 0.177 e. The maximum atomic E-state index is 12.7. The van der Waals surface area contributed by atoms with Gasteiger partial charge in [0.05, 0.1) is 10.2 Å². The van der Waals surface area contributed by atoms with Crippen LogP contribution in [0.15, 0.2) is 28.7 Å². The number of nitrogens with zero attached hydrogens (tertiary/aromatic N) is 2. The Hall–Kier alpha value is -1.67. The summed E-state index contributed by atoms with van der Waals surface area (Å²) in [5.41, 5.74) is 1.73. The van der Waals surface area contributed by atoms with Crippen molar-refractivity contribution in [2.45, 2.75) is 0 Å². The van der Waals surface area contributed by atoms with Crippen LogP contribution in [0, 0.1) is 17.1 Å². The van der Waals surface area contributed by atoms with Crippen LogP contribution >= 0.6 is 15.9 Å². The van der Waals surface area contributed by atoms with E-state index in [1.165, 1.54) is 12.1 Å². The molecule has 1 heterocycles. The zero-order chi connectivity index (χ0) is 10.8. The Bertz CT molecular complexity index is 525. The number of rotatable bonds is 1. The van der Waals surface area contributed by atoms with E-state index in [4.69, 9.17) is 5.26 Å². The Morgan fingerprint density at radius 1 is 1.33 bits per heavy atom. The van der Waals surface area contributed by atoms with Gasteiger partial charge in [-0.3, -0.25) is 5.10 Å². The van der Waals surface area contributed by atoms with Crippen molar-refractivity contribution in [3.63, 3.8) is 0 Å². The van der Waals surface area contributed by atoms with Gasteiger partial charge in [-0.15, -0.1) is 0 Å². The molecular weight excluding hydrogens is 261 g/mol. The third-order valence-electron chi connectivity index (χ3n) is 1.95. The molecule has 1 aromatic carbocycles. The minimum Gasteiger partial charge on any atom is -0.275 e. The maximum absolute atomic E-state index is 12.7. The summed E-state index contributed by atoms with van der Waals surface area (Å²) in [5, 5.41) is 15.2. The Morgan fingerprint density at radius 3 is 2.53 bits per heavy atom. The first-order chi connectivity index (χ1) is 7.22. The van der Waals surface area contributed by atoms with Crippen LogP contribution in [-0.4, -0.2) is 10.2 Å². The van der Waals surface area contributed by atoms with Gasteiger partial charge >= 0.3 is 0 Å². The Labute approximate surface area is 93.7 Å². The van der Waals surface area contributed by atoms with Gasteiger partial charge in [-0.2, -0.15) is 10.4 Å². The molecule has 0 aliphatic heterocycles. The summed E-state index contributed by atoms with van der Waals surface area (Å²) in [4.78, 5) is 0. The fraction of sp³-hybridized carbons (Fsp3) is 0. The summed E-state index contributed by atoms with van der Waals surface area (Å²) in [6.07, 6.45) is 0. The number of halogens is 2. The maximum Gasteiger partial charge on any atom is 0.177 e. The molecule has 2 rings (SSSR count). The second-order valence-electron chi connectivity index (χ2n) is 2.88. The fourth-order valence-corrected chi connectivity index (χ4v) is 1.71. The van der Waals surface area contributed by atoms with Gasteiger partial charge in [-0.25, -0.2) is 4.39 Å². The molecule has 3 nitrogen and oxygen atoms in total. The van der Waals surface area contributed by atoms with Crippen LogP contribution in [0.25, 0.3) is 11.3 Å². The van der Waals surface area contributed by atoms with E-state index in [-0.39, 0.29) is 11.5 Å². The summed E-state index contributed by atoms with van der Waals surface area (Å²) in [6, 6.07) is 7.88. The highest BCUT2D eigenvalue weighted by atomic mass is 79.9. The number of benzene rings is 1. The molecule has 5 heteroatoms. The standard InChI is InChI=1S/C10H5BrFN3/c11-9-8(5-13)14-15-10(9)6-1-3-7(12)4-2-6/h1-4H,(H,14,15). The van der Waals surface area contributed by atoms with Gasteiger partial charge in [0.25, 0.3) is 0 Å². The summed E-state index contributed by atoms with van der Waals surface area (Å²) >= 11 is 3.26. The molecule has 0 saturated heterocycles. The van der Waals surface area contributed by atoms with Crippen LogP contribution in [0.2, 0.25) is 0 Å². The SMILES string of the molecule is N#Cc1n[nH]c(-c2ccc(F)cc2)c1Br. The molecule has 0 radical (unpaired) electrons. The lowest BCUT2D eigenvalue weighted by Gasteiger charge is -1.97. The van der Waals surface area contributed by atoms with Gasteiger partial charge in [0, 0.05) is 5.56 Å². The molecule has 0 bridgehead atoms. The van der Waals surface area contributed by atoms with Crippen LogP contribution in [-0.2, 0) is 0 Å². The van der Waals surface area contributed by atoms with Gasteiger partial charge in [0.15, 0.2) is 5.69 Å². The largest absolute Gasteiger partial charge is 0.275 e. The van der Waals surface area contributed by atoms with E-state index in [1.54, 1.807) is 12.1 Å². The Morgan fingerprint density at radius 2 is 2.00 bits per heavy atom. The topological polar surface area (TPSA) is 52.5 Å². The lowest BCUT2D eigenvalue weighted by atomic mass is 10.1. The summed E-state index contributed by atoms with van der Waals surface area (Å²) < 4.78 is 13.3. The van der Waals surface area contributed by atoms with Crippen LogP contribution in [0.1, 0.15) is 5.69 Å². The fourth-order valence-electron chi connectivity index (χ4n) is 1.21. The highest BCUT2D eigenvalue weighted by Gasteiger charge is 2.11. The third-order valence-corrected chi connectivity index (χ3v) is 2.72. The minimum absolute atomic E-state index is 0.286. The minimum atomic E-state index is -0.296. The predicted octanol–water partition coefficient (Wildman–Crippen LogP) is 2.85. The van der Waals surface area contributed by atoms with Crippen molar-refractivity contribution in [2.24, 2.45) is 0 Å². The van der Waals surface area contributed by atoms with Gasteiger partial charge in [-0.05, 0) is 40.2 Å². The molecule has 0 aliphatic carbocycles. The lowest BCUT2D eigenvalue weighted by Crippen LogP contribution is -1.79. The third kappa shape index (κ3) is 1.76. The van der Waals surface area contributed by atoms with Crippen molar-refractivity contribution < 1.29 is 4.39 Å². The number of aromatic nitrogens is 2. The van der Waals surface area contributed by atoms with E-state index in [2.05, 4.69) is 26.1 Å². The van der Waals surface area contributed by atoms with Crippen molar-refractivity contribution in [1.29, 1.82) is 5.26 Å². The van der Waals surface area contributed by atoms with E-state index >= 15 is 0 Å². The Kier molecular flexibility index (Phi) is 2.52. The first kappa shape index (κ1) is 9.87. The molecule has 74 valence electrons. The molecule has 2 aromatic rings. The second kappa shape index (κ2) is 3.83. The number of hydrogen-bond donors (Lipinski definition) is 1. The summed E-state index contributed by atoms with van der Waals surface area (Å²) in [5.74, 6) is -0.296. The summed E-state index contributed by atoms with van der Waals surface area (Å²) in [7, 11) is 0. The molecule has 0 amide bonds. The van der Waals surface area contributed by atoms with Crippen molar-refractivity contribution >= 4 is 15.9 Å². The van der Waals surface area contributed by atoms with E-state index in [0.717, 1.165) is 5.56 Å². The number of nitrogens with one attached hydrogen (secondary N) is 1. The van der Waals surface area contributed by atoms with Crippen LogP contribution in [0.3, 0.4) is 0 Å². The van der Waals surface area contributed by atoms with Crippen molar-refractivity contribution in [3.05, 3.63) is 40.2 Å². The first-order valence-corrected chi connectivity index (χ1v) is 4.91. The molecule has 0 aliphatic rings. The number of aromatic amines is 1. The summed E-state index contributed by atoms with van der Waals surface area (Å²) in [6.45, 7) is 0. The predicted molar refractivity (Wildman–Crippen MR) is 56.4 cm³/mol. The van der Waals surface area contributed by atoms with E-state index < -0.39 is 0 Å². The van der Waals surface area contributed by atoms with Gasteiger partial charge in [-0.1, -0.05) is 0 Å². The molecule has 0 fully saturated rings. The molecule has 1 N–H and O–H groups in total. The average Bonchev–Trinajstić information content (AvgIpc) is 2.61. The van der Waals surface area contributed by atoms with Crippen LogP contribution in [0.4, 0.5) is 4.39 Å². The van der Waals surface area contributed by atoms with Gasteiger partial charge < -0.3 is 0 Å². The molecule has 0 unspecified atom stereocenters. The molecule has 1 aromatic heterocycles. The number of H-pyrrole nitrogens is 1. The molecular formula is C10H5BrFN3. The molecule has 0 spiro atoms. The van der Waals surface area contributed by atoms with E-state index in [9.17, 15) is 4.39 Å². The van der Waals surface area contributed by atoms with E-state index in [0.29, 0.717) is 10.2 Å². The normalized spacial score (nSPS) is 9.93. The lowest BCUT2D eigenvalue weighted by molar-refractivity contribution is 0.628. The highest BCUT2D eigenvalue weighted by Crippen LogP contribution is 2.28. The van der Waals surface area contributed by atoms with E-state index in [1.807, 2.05) is 6.07 Å². The monoisotopic (exact) mass is 265 g/mol. The van der Waals surface area contributed by atoms with Crippen LogP contribution in [0.5, 0.6) is 0 Å². The van der Waals surface area contributed by atoms with Crippen LogP contribution < -0.4 is 0 Å². The zero-order valence-corrected chi connectivity index (χ0v) is 9.05. The van der Waals surface area contributed by atoms with Crippen molar-refractivity contribution in [2.75, 3.05) is 0 Å².